The Kier molecular flexibility index (Phi) is 5.71. The third-order valence-electron chi connectivity index (χ3n) is 2.63. The topological polar surface area (TPSA) is 55.1 Å². The van der Waals surface area contributed by atoms with Crippen molar-refractivity contribution in [3.63, 3.8) is 0 Å². The standard InChI is InChI=1S/C10H22N2O/c1-4-7-9(13)12-10(5-2,6-3)8-11/h4-8,11H2,1-3H3,(H,12,13). The lowest BCUT2D eigenvalue weighted by atomic mass is 9.93. The summed E-state index contributed by atoms with van der Waals surface area (Å²) in [6, 6.07) is 0. The summed E-state index contributed by atoms with van der Waals surface area (Å²) in [7, 11) is 0. The molecule has 0 saturated heterocycles. The van der Waals surface area contributed by atoms with E-state index in [9.17, 15) is 4.79 Å². The van der Waals surface area contributed by atoms with Crippen LogP contribution in [0.2, 0.25) is 0 Å². The second kappa shape index (κ2) is 5.97. The Hall–Kier alpha value is -0.570. The molecular weight excluding hydrogens is 164 g/mol. The Labute approximate surface area is 81.1 Å². The van der Waals surface area contributed by atoms with Gasteiger partial charge in [-0.15, -0.1) is 0 Å². The van der Waals surface area contributed by atoms with Crippen molar-refractivity contribution in [2.45, 2.75) is 52.0 Å². The number of amides is 1. The van der Waals surface area contributed by atoms with Gasteiger partial charge in [0.15, 0.2) is 0 Å². The van der Waals surface area contributed by atoms with Crippen molar-refractivity contribution in [1.82, 2.24) is 5.32 Å². The summed E-state index contributed by atoms with van der Waals surface area (Å²) in [4.78, 5) is 11.4. The molecule has 0 aliphatic carbocycles. The molecule has 13 heavy (non-hydrogen) atoms. The number of carbonyl (C=O) groups excluding carboxylic acids is 1. The molecule has 0 rings (SSSR count). The Bertz CT molecular complexity index is 145. The van der Waals surface area contributed by atoms with Crippen molar-refractivity contribution in [2.24, 2.45) is 5.73 Å². The van der Waals surface area contributed by atoms with Crippen LogP contribution in [-0.2, 0) is 4.79 Å². The fourth-order valence-corrected chi connectivity index (χ4v) is 1.35. The van der Waals surface area contributed by atoms with Crippen molar-refractivity contribution in [3.05, 3.63) is 0 Å². The summed E-state index contributed by atoms with van der Waals surface area (Å²) < 4.78 is 0. The molecule has 3 N–H and O–H groups in total. The zero-order valence-corrected chi connectivity index (χ0v) is 9.02. The van der Waals surface area contributed by atoms with Crippen LogP contribution in [0.3, 0.4) is 0 Å². The highest BCUT2D eigenvalue weighted by atomic mass is 16.1. The van der Waals surface area contributed by atoms with Gasteiger partial charge in [-0.05, 0) is 19.3 Å². The molecular formula is C10H22N2O. The Balaban J connectivity index is 4.16. The van der Waals surface area contributed by atoms with Gasteiger partial charge in [-0.3, -0.25) is 4.79 Å². The monoisotopic (exact) mass is 186 g/mol. The van der Waals surface area contributed by atoms with Crippen molar-refractivity contribution in [3.8, 4) is 0 Å². The van der Waals surface area contributed by atoms with Gasteiger partial charge < -0.3 is 11.1 Å². The van der Waals surface area contributed by atoms with Crippen LogP contribution in [0.4, 0.5) is 0 Å². The second-order valence-corrected chi connectivity index (χ2v) is 3.49. The molecule has 1 amide bonds. The average Bonchev–Trinajstić information content (AvgIpc) is 2.15. The van der Waals surface area contributed by atoms with Crippen LogP contribution in [0.1, 0.15) is 46.5 Å². The van der Waals surface area contributed by atoms with E-state index >= 15 is 0 Å². The molecule has 78 valence electrons. The van der Waals surface area contributed by atoms with Gasteiger partial charge in [-0.2, -0.15) is 0 Å². The SMILES string of the molecule is CCCC(=O)NC(CC)(CC)CN. The molecule has 0 aliphatic heterocycles. The Morgan fingerprint density at radius 1 is 1.31 bits per heavy atom. The molecule has 0 aromatic heterocycles. The molecule has 0 atom stereocenters. The minimum atomic E-state index is -0.174. The van der Waals surface area contributed by atoms with E-state index in [4.69, 9.17) is 5.73 Å². The van der Waals surface area contributed by atoms with E-state index in [1.807, 2.05) is 6.92 Å². The smallest absolute Gasteiger partial charge is 0.220 e. The number of rotatable bonds is 6. The van der Waals surface area contributed by atoms with Gasteiger partial charge >= 0.3 is 0 Å². The fraction of sp³-hybridized carbons (Fsp3) is 0.900. The van der Waals surface area contributed by atoms with Gasteiger partial charge in [0.05, 0.1) is 5.54 Å². The third kappa shape index (κ3) is 3.77. The maximum absolute atomic E-state index is 11.4. The first kappa shape index (κ1) is 12.4. The highest BCUT2D eigenvalue weighted by Gasteiger charge is 2.25. The third-order valence-corrected chi connectivity index (χ3v) is 2.63. The lowest BCUT2D eigenvalue weighted by Gasteiger charge is -2.31. The summed E-state index contributed by atoms with van der Waals surface area (Å²) in [6.45, 7) is 6.64. The van der Waals surface area contributed by atoms with Gasteiger partial charge in [0, 0.05) is 13.0 Å². The minimum absolute atomic E-state index is 0.122. The maximum Gasteiger partial charge on any atom is 0.220 e. The highest BCUT2D eigenvalue weighted by Crippen LogP contribution is 2.13. The zero-order valence-electron chi connectivity index (χ0n) is 9.02. The van der Waals surface area contributed by atoms with Crippen LogP contribution >= 0.6 is 0 Å². The van der Waals surface area contributed by atoms with E-state index in [1.54, 1.807) is 0 Å². The van der Waals surface area contributed by atoms with E-state index in [2.05, 4.69) is 19.2 Å². The summed E-state index contributed by atoms with van der Waals surface area (Å²) in [5, 5.41) is 3.02. The molecule has 0 fully saturated rings. The Morgan fingerprint density at radius 2 is 1.85 bits per heavy atom. The number of nitrogens with two attached hydrogens (primary N) is 1. The molecule has 0 unspecified atom stereocenters. The van der Waals surface area contributed by atoms with Crippen LogP contribution < -0.4 is 11.1 Å². The minimum Gasteiger partial charge on any atom is -0.349 e. The molecule has 3 nitrogen and oxygen atoms in total. The van der Waals surface area contributed by atoms with Crippen molar-refractivity contribution >= 4 is 5.91 Å². The van der Waals surface area contributed by atoms with E-state index in [0.29, 0.717) is 13.0 Å². The molecule has 0 aliphatic rings. The van der Waals surface area contributed by atoms with Crippen molar-refractivity contribution < 1.29 is 4.79 Å². The molecule has 0 saturated carbocycles. The van der Waals surface area contributed by atoms with Crippen LogP contribution in [0.5, 0.6) is 0 Å². The lowest BCUT2D eigenvalue weighted by molar-refractivity contribution is -0.123. The quantitative estimate of drug-likeness (QED) is 0.659. The van der Waals surface area contributed by atoms with Gasteiger partial charge in [-0.25, -0.2) is 0 Å². The molecule has 0 radical (unpaired) electrons. The number of carbonyl (C=O) groups is 1. The zero-order chi connectivity index (χ0) is 10.3. The van der Waals surface area contributed by atoms with Gasteiger partial charge in [0.2, 0.25) is 5.91 Å². The second-order valence-electron chi connectivity index (χ2n) is 3.49. The number of nitrogens with one attached hydrogen (secondary N) is 1. The maximum atomic E-state index is 11.4. The van der Waals surface area contributed by atoms with Gasteiger partial charge in [0.25, 0.3) is 0 Å². The highest BCUT2D eigenvalue weighted by molar-refractivity contribution is 5.76. The summed E-state index contributed by atoms with van der Waals surface area (Å²) in [5.41, 5.74) is 5.48. The van der Waals surface area contributed by atoms with E-state index in [1.165, 1.54) is 0 Å². The first-order chi connectivity index (χ1) is 6.14. The van der Waals surface area contributed by atoms with Gasteiger partial charge in [0.1, 0.15) is 0 Å². The van der Waals surface area contributed by atoms with Crippen molar-refractivity contribution in [1.29, 1.82) is 0 Å². The first-order valence-electron chi connectivity index (χ1n) is 5.15. The van der Waals surface area contributed by atoms with Crippen LogP contribution in [0.15, 0.2) is 0 Å². The van der Waals surface area contributed by atoms with E-state index < -0.39 is 0 Å². The molecule has 0 aromatic carbocycles. The summed E-state index contributed by atoms with van der Waals surface area (Å²) >= 11 is 0. The largest absolute Gasteiger partial charge is 0.349 e. The van der Waals surface area contributed by atoms with E-state index in [-0.39, 0.29) is 11.4 Å². The fourth-order valence-electron chi connectivity index (χ4n) is 1.35. The van der Waals surface area contributed by atoms with Crippen LogP contribution in [0, 0.1) is 0 Å². The number of hydrogen-bond acceptors (Lipinski definition) is 2. The Morgan fingerprint density at radius 3 is 2.15 bits per heavy atom. The summed E-state index contributed by atoms with van der Waals surface area (Å²) in [5.74, 6) is 0.122. The predicted molar refractivity (Wildman–Crippen MR) is 55.4 cm³/mol. The predicted octanol–water partition coefficient (Wildman–Crippen LogP) is 1.42. The molecule has 0 heterocycles. The van der Waals surface area contributed by atoms with Crippen LogP contribution in [-0.4, -0.2) is 18.0 Å². The van der Waals surface area contributed by atoms with E-state index in [0.717, 1.165) is 19.3 Å². The molecule has 0 aromatic rings. The molecule has 3 heteroatoms. The van der Waals surface area contributed by atoms with Crippen LogP contribution in [0.25, 0.3) is 0 Å². The normalized spacial score (nSPS) is 11.4. The first-order valence-corrected chi connectivity index (χ1v) is 5.15. The van der Waals surface area contributed by atoms with Crippen molar-refractivity contribution in [2.75, 3.05) is 6.54 Å². The average molecular weight is 186 g/mol. The van der Waals surface area contributed by atoms with Gasteiger partial charge in [-0.1, -0.05) is 20.8 Å². The molecule has 0 bridgehead atoms. The number of hydrogen-bond donors (Lipinski definition) is 2. The molecule has 0 spiro atoms. The summed E-state index contributed by atoms with van der Waals surface area (Å²) in [6.07, 6.45) is 3.28. The lowest BCUT2D eigenvalue weighted by Crippen LogP contribution is -2.52.